The molecule has 1 N–H and O–H groups in total. The monoisotopic (exact) mass is 590 g/mol. The van der Waals surface area contributed by atoms with Gasteiger partial charge in [-0.1, -0.05) is 78.1 Å². The first-order valence-electron chi connectivity index (χ1n) is 12.7. The van der Waals surface area contributed by atoms with Crippen LogP contribution >= 0.6 is 46.6 Å². The quantitative estimate of drug-likeness (QED) is 0.161. The van der Waals surface area contributed by atoms with Gasteiger partial charge in [-0.2, -0.15) is 0 Å². The number of carbonyl (C=O) groups excluding carboxylic acids is 2. The van der Waals surface area contributed by atoms with Crippen molar-refractivity contribution in [2.75, 3.05) is 5.75 Å². The zero-order chi connectivity index (χ0) is 27.5. The lowest BCUT2D eigenvalue weighted by Crippen LogP contribution is -2.52. The summed E-state index contributed by atoms with van der Waals surface area (Å²) >= 11 is 20.6. The molecule has 0 aliphatic carbocycles. The molecule has 4 nitrogen and oxygen atoms in total. The third-order valence-corrected chi connectivity index (χ3v) is 8.34. The highest BCUT2D eigenvalue weighted by Gasteiger charge is 2.31. The van der Waals surface area contributed by atoms with Crippen LogP contribution in [0.2, 0.25) is 15.1 Å². The molecular weight excluding hydrogens is 559 g/mol. The van der Waals surface area contributed by atoms with Crippen molar-refractivity contribution >= 4 is 58.4 Å². The highest BCUT2D eigenvalue weighted by atomic mass is 35.5. The summed E-state index contributed by atoms with van der Waals surface area (Å²) in [5.41, 5.74) is 1.60. The van der Waals surface area contributed by atoms with E-state index in [-0.39, 0.29) is 24.4 Å². The third-order valence-electron chi connectivity index (χ3n) is 6.28. The Bertz CT molecular complexity index is 1170. The van der Waals surface area contributed by atoms with Gasteiger partial charge in [-0.25, -0.2) is 0 Å². The Morgan fingerprint density at radius 2 is 1.58 bits per heavy atom. The van der Waals surface area contributed by atoms with Gasteiger partial charge in [0.2, 0.25) is 11.8 Å². The van der Waals surface area contributed by atoms with E-state index in [9.17, 15) is 9.59 Å². The van der Waals surface area contributed by atoms with Gasteiger partial charge in [0.1, 0.15) is 6.04 Å². The normalized spacial score (nSPS) is 12.6. The van der Waals surface area contributed by atoms with Crippen LogP contribution < -0.4 is 5.32 Å². The van der Waals surface area contributed by atoms with Crippen LogP contribution in [0, 0.1) is 0 Å². The highest BCUT2D eigenvalue weighted by molar-refractivity contribution is 7.99. The highest BCUT2D eigenvalue weighted by Crippen LogP contribution is 2.28. The van der Waals surface area contributed by atoms with Gasteiger partial charge in [-0.05, 0) is 67.5 Å². The molecule has 0 saturated heterocycles. The van der Waals surface area contributed by atoms with Gasteiger partial charge in [-0.3, -0.25) is 9.59 Å². The van der Waals surface area contributed by atoms with Gasteiger partial charge in [0, 0.05) is 51.0 Å². The minimum Gasteiger partial charge on any atom is -0.352 e. The van der Waals surface area contributed by atoms with Crippen LogP contribution in [0.4, 0.5) is 0 Å². The minimum absolute atomic E-state index is 0.0163. The molecule has 0 radical (unpaired) electrons. The molecule has 2 amide bonds. The van der Waals surface area contributed by atoms with Crippen LogP contribution in [0.25, 0.3) is 0 Å². The third kappa shape index (κ3) is 9.23. The molecule has 0 aliphatic heterocycles. The summed E-state index contributed by atoms with van der Waals surface area (Å²) in [4.78, 5) is 30.1. The van der Waals surface area contributed by atoms with Crippen LogP contribution in [0.3, 0.4) is 0 Å². The first kappa shape index (κ1) is 30.4. The lowest BCUT2D eigenvalue weighted by atomic mass is 10.0. The molecule has 2 unspecified atom stereocenters. The number of carbonyl (C=O) groups is 2. The van der Waals surface area contributed by atoms with Crippen molar-refractivity contribution in [3.05, 3.63) is 99.0 Å². The van der Waals surface area contributed by atoms with E-state index in [1.54, 1.807) is 34.9 Å². The predicted octanol–water partition coefficient (Wildman–Crippen LogP) is 8.07. The molecule has 3 rings (SSSR count). The van der Waals surface area contributed by atoms with E-state index in [1.165, 1.54) is 0 Å². The molecule has 2 atom stereocenters. The van der Waals surface area contributed by atoms with Crippen molar-refractivity contribution in [2.45, 2.75) is 63.1 Å². The van der Waals surface area contributed by atoms with Crippen LogP contribution in [0.15, 0.2) is 77.7 Å². The molecule has 0 heterocycles. The largest absolute Gasteiger partial charge is 0.352 e. The van der Waals surface area contributed by atoms with E-state index < -0.39 is 6.04 Å². The molecule has 0 spiro atoms. The fraction of sp³-hybridized carbons (Fsp3) is 0.333. The minimum atomic E-state index is -0.713. The summed E-state index contributed by atoms with van der Waals surface area (Å²) < 4.78 is 0. The molecule has 3 aromatic carbocycles. The van der Waals surface area contributed by atoms with Crippen molar-refractivity contribution in [3.63, 3.8) is 0 Å². The number of amides is 2. The van der Waals surface area contributed by atoms with Crippen LogP contribution in [-0.4, -0.2) is 34.6 Å². The van der Waals surface area contributed by atoms with Gasteiger partial charge in [-0.15, -0.1) is 11.8 Å². The van der Waals surface area contributed by atoms with Crippen LogP contribution in [-0.2, 0) is 22.6 Å². The van der Waals surface area contributed by atoms with Gasteiger partial charge in [0.15, 0.2) is 0 Å². The topological polar surface area (TPSA) is 49.4 Å². The second kappa shape index (κ2) is 15.4. The Labute approximate surface area is 245 Å². The Balaban J connectivity index is 1.84. The summed E-state index contributed by atoms with van der Waals surface area (Å²) in [6.45, 7) is 4.12. The van der Waals surface area contributed by atoms with Crippen molar-refractivity contribution < 1.29 is 9.59 Å². The number of nitrogens with zero attached hydrogens (tertiary/aromatic N) is 1. The number of hydrogen-bond acceptors (Lipinski definition) is 3. The fourth-order valence-electron chi connectivity index (χ4n) is 3.94. The van der Waals surface area contributed by atoms with Gasteiger partial charge in [0.05, 0.1) is 0 Å². The smallest absolute Gasteiger partial charge is 0.243 e. The lowest BCUT2D eigenvalue weighted by molar-refractivity contribution is -0.141. The SMILES string of the molecule is CCC(C)NC(=O)C(Cc1ccccc1)N(Cc1c(Cl)cccc1Cl)C(=O)CCCSc1ccc(Cl)cc1. The van der Waals surface area contributed by atoms with Crippen molar-refractivity contribution in [1.29, 1.82) is 0 Å². The summed E-state index contributed by atoms with van der Waals surface area (Å²) in [6.07, 6.45) is 2.13. The van der Waals surface area contributed by atoms with E-state index in [0.717, 1.165) is 22.6 Å². The Morgan fingerprint density at radius 3 is 2.21 bits per heavy atom. The summed E-state index contributed by atoms with van der Waals surface area (Å²) in [5, 5.41) is 4.71. The maximum atomic E-state index is 13.8. The predicted molar refractivity (Wildman–Crippen MR) is 160 cm³/mol. The lowest BCUT2D eigenvalue weighted by Gasteiger charge is -2.33. The molecule has 3 aromatic rings. The first-order valence-corrected chi connectivity index (χ1v) is 14.9. The Kier molecular flexibility index (Phi) is 12.3. The summed E-state index contributed by atoms with van der Waals surface area (Å²) in [6, 6.07) is 21.9. The Hall–Kier alpha value is -2.18. The molecule has 0 saturated carbocycles. The van der Waals surface area contributed by atoms with E-state index in [0.29, 0.717) is 39.9 Å². The molecule has 202 valence electrons. The van der Waals surface area contributed by atoms with Gasteiger partial charge in [0.25, 0.3) is 0 Å². The molecule has 0 aromatic heterocycles. The zero-order valence-corrected chi connectivity index (χ0v) is 24.7. The zero-order valence-electron chi connectivity index (χ0n) is 21.6. The average molecular weight is 592 g/mol. The molecular formula is C30H33Cl3N2O2S. The molecule has 0 fully saturated rings. The summed E-state index contributed by atoms with van der Waals surface area (Å²) in [7, 11) is 0. The standard InChI is InChI=1S/C30H33Cl3N2O2S/c1-3-21(2)34-30(37)28(19-22-9-5-4-6-10-22)35(20-25-26(32)11-7-12-27(25)33)29(36)13-8-18-38-24-16-14-23(31)15-17-24/h4-7,9-12,14-17,21,28H,3,8,13,18-20H2,1-2H3,(H,34,37). The average Bonchev–Trinajstić information content (AvgIpc) is 2.91. The number of hydrogen-bond donors (Lipinski definition) is 1. The van der Waals surface area contributed by atoms with Gasteiger partial charge >= 0.3 is 0 Å². The van der Waals surface area contributed by atoms with Crippen LogP contribution in [0.5, 0.6) is 0 Å². The molecule has 0 bridgehead atoms. The van der Waals surface area contributed by atoms with E-state index in [4.69, 9.17) is 34.8 Å². The van der Waals surface area contributed by atoms with E-state index in [1.807, 2.05) is 68.4 Å². The maximum absolute atomic E-state index is 13.8. The fourth-order valence-corrected chi connectivity index (χ4v) is 5.43. The number of benzene rings is 3. The molecule has 8 heteroatoms. The second-order valence-corrected chi connectivity index (χ2v) is 11.6. The molecule has 0 aliphatic rings. The molecule has 38 heavy (non-hydrogen) atoms. The second-order valence-electron chi connectivity index (χ2n) is 9.15. The summed E-state index contributed by atoms with van der Waals surface area (Å²) in [5.74, 6) is 0.462. The van der Waals surface area contributed by atoms with E-state index in [2.05, 4.69) is 5.32 Å². The number of rotatable bonds is 13. The number of halogens is 3. The van der Waals surface area contributed by atoms with Crippen molar-refractivity contribution in [3.8, 4) is 0 Å². The van der Waals surface area contributed by atoms with Crippen molar-refractivity contribution in [1.82, 2.24) is 10.2 Å². The number of nitrogens with one attached hydrogen (secondary N) is 1. The maximum Gasteiger partial charge on any atom is 0.243 e. The van der Waals surface area contributed by atoms with Gasteiger partial charge < -0.3 is 10.2 Å². The van der Waals surface area contributed by atoms with Crippen LogP contribution in [0.1, 0.15) is 44.2 Å². The first-order chi connectivity index (χ1) is 18.3. The number of thioether (sulfide) groups is 1. The van der Waals surface area contributed by atoms with E-state index >= 15 is 0 Å². The Morgan fingerprint density at radius 1 is 0.921 bits per heavy atom. The van der Waals surface area contributed by atoms with Crippen molar-refractivity contribution in [2.24, 2.45) is 0 Å².